The van der Waals surface area contributed by atoms with Crippen molar-refractivity contribution in [2.45, 2.75) is 0 Å². The summed E-state index contributed by atoms with van der Waals surface area (Å²) in [6.07, 6.45) is 4.87. The maximum atomic E-state index is 11.3. The minimum atomic E-state index is -1.03. The molecule has 2 heterocycles. The molecule has 0 radical (unpaired) electrons. The minimum absolute atomic E-state index is 0.126. The second-order valence-electron chi connectivity index (χ2n) is 4.17. The van der Waals surface area contributed by atoms with E-state index in [-0.39, 0.29) is 5.56 Å². The smallest absolute Gasteiger partial charge is 0.341 e. The molecule has 1 N–H and O–H groups in total. The number of benzene rings is 1. The highest BCUT2D eigenvalue weighted by molar-refractivity contribution is 6.30. The third-order valence-electron chi connectivity index (χ3n) is 2.88. The summed E-state index contributed by atoms with van der Waals surface area (Å²) in [6, 6.07) is 10.7. The summed E-state index contributed by atoms with van der Waals surface area (Å²) in [4.78, 5) is 11.3. The molecule has 0 unspecified atom stereocenters. The van der Waals surface area contributed by atoms with Gasteiger partial charge in [0.1, 0.15) is 5.56 Å². The summed E-state index contributed by atoms with van der Waals surface area (Å²) < 4.78 is 3.26. The summed E-state index contributed by atoms with van der Waals surface area (Å²) >= 11 is 5.98. The molecule has 6 heteroatoms. The number of carboxylic acids is 1. The van der Waals surface area contributed by atoms with Gasteiger partial charge < -0.3 is 9.67 Å². The van der Waals surface area contributed by atoms with E-state index in [0.29, 0.717) is 16.5 Å². The molecule has 0 amide bonds. The van der Waals surface area contributed by atoms with E-state index in [4.69, 9.17) is 11.6 Å². The van der Waals surface area contributed by atoms with E-state index in [1.807, 2.05) is 18.2 Å². The van der Waals surface area contributed by atoms with Crippen LogP contribution in [0, 0.1) is 0 Å². The normalized spacial score (nSPS) is 10.7. The van der Waals surface area contributed by atoms with Crippen LogP contribution >= 0.6 is 11.6 Å². The van der Waals surface area contributed by atoms with Gasteiger partial charge in [0.2, 0.25) is 0 Å². The van der Waals surface area contributed by atoms with Crippen LogP contribution in [0.25, 0.3) is 11.5 Å². The number of aromatic carboxylic acids is 1. The maximum Gasteiger partial charge on any atom is 0.341 e. The Hall–Kier alpha value is -2.53. The monoisotopic (exact) mass is 287 g/mol. The molecule has 0 fully saturated rings. The highest BCUT2D eigenvalue weighted by Gasteiger charge is 2.18. The molecule has 0 spiro atoms. The van der Waals surface area contributed by atoms with Gasteiger partial charge in [-0.05, 0) is 30.3 Å². The van der Waals surface area contributed by atoms with E-state index in [2.05, 4.69) is 5.10 Å². The zero-order valence-corrected chi connectivity index (χ0v) is 11.0. The Kier molecular flexibility index (Phi) is 3.04. The highest BCUT2D eigenvalue weighted by atomic mass is 35.5. The number of nitrogens with zero attached hydrogens (tertiary/aromatic N) is 3. The number of carboxylic acid groups (broad SMARTS) is 1. The predicted octanol–water partition coefficient (Wildman–Crippen LogP) is 3.01. The zero-order chi connectivity index (χ0) is 14.1. The lowest BCUT2D eigenvalue weighted by Gasteiger charge is -2.09. The molecule has 1 aromatic carbocycles. The average molecular weight is 288 g/mol. The first-order valence-corrected chi connectivity index (χ1v) is 6.25. The Bertz CT molecular complexity index is 763. The van der Waals surface area contributed by atoms with Gasteiger partial charge in [-0.25, -0.2) is 9.48 Å². The summed E-state index contributed by atoms with van der Waals surface area (Å²) in [5.41, 5.74) is 0.829. The van der Waals surface area contributed by atoms with Crippen molar-refractivity contribution in [1.82, 2.24) is 14.3 Å². The van der Waals surface area contributed by atoms with Gasteiger partial charge in [-0.15, -0.1) is 0 Å². The highest BCUT2D eigenvalue weighted by Crippen LogP contribution is 2.21. The molecule has 3 rings (SSSR count). The van der Waals surface area contributed by atoms with Gasteiger partial charge in [-0.1, -0.05) is 17.7 Å². The van der Waals surface area contributed by atoms with E-state index < -0.39 is 5.97 Å². The molecule has 0 aliphatic heterocycles. The van der Waals surface area contributed by atoms with E-state index in [9.17, 15) is 9.90 Å². The van der Waals surface area contributed by atoms with Crippen LogP contribution in [0.4, 0.5) is 0 Å². The fourth-order valence-electron chi connectivity index (χ4n) is 2.01. The zero-order valence-electron chi connectivity index (χ0n) is 10.3. The topological polar surface area (TPSA) is 60.0 Å². The van der Waals surface area contributed by atoms with Gasteiger partial charge >= 0.3 is 5.97 Å². The van der Waals surface area contributed by atoms with Crippen molar-refractivity contribution >= 4 is 17.6 Å². The maximum absolute atomic E-state index is 11.3. The van der Waals surface area contributed by atoms with Crippen LogP contribution in [0.2, 0.25) is 5.02 Å². The van der Waals surface area contributed by atoms with Crippen LogP contribution in [-0.4, -0.2) is 25.4 Å². The van der Waals surface area contributed by atoms with Crippen LogP contribution in [0.15, 0.2) is 55.0 Å². The number of hydrogen-bond donors (Lipinski definition) is 1. The van der Waals surface area contributed by atoms with Crippen molar-refractivity contribution in [1.29, 1.82) is 0 Å². The lowest BCUT2D eigenvalue weighted by molar-refractivity contribution is 0.0697. The third kappa shape index (κ3) is 2.08. The Labute approximate surface area is 119 Å². The lowest BCUT2D eigenvalue weighted by Crippen LogP contribution is -2.08. The molecule has 0 atom stereocenters. The van der Waals surface area contributed by atoms with Gasteiger partial charge in [0.05, 0.1) is 11.9 Å². The quantitative estimate of drug-likeness (QED) is 0.805. The fourth-order valence-corrected chi connectivity index (χ4v) is 2.20. The molecule has 0 saturated carbocycles. The van der Waals surface area contributed by atoms with Crippen molar-refractivity contribution in [3.63, 3.8) is 0 Å². The Balaban J connectivity index is 2.24. The summed E-state index contributed by atoms with van der Waals surface area (Å²) in [7, 11) is 0. The SMILES string of the molecule is O=C(O)c1cnn(-c2cccc(Cl)c2)c1-n1cccc1. The number of hydrogen-bond acceptors (Lipinski definition) is 2. The van der Waals surface area contributed by atoms with E-state index in [1.54, 1.807) is 39.8 Å². The fraction of sp³-hybridized carbons (Fsp3) is 0. The van der Waals surface area contributed by atoms with Crippen molar-refractivity contribution in [3.8, 4) is 11.5 Å². The van der Waals surface area contributed by atoms with Crippen LogP contribution < -0.4 is 0 Å². The largest absolute Gasteiger partial charge is 0.477 e. The Morgan fingerprint density at radius 2 is 1.95 bits per heavy atom. The van der Waals surface area contributed by atoms with Gasteiger partial charge in [-0.2, -0.15) is 5.10 Å². The molecular weight excluding hydrogens is 278 g/mol. The number of halogens is 1. The standard InChI is InChI=1S/C14H10ClN3O2/c15-10-4-3-5-11(8-10)18-13(17-6-1-2-7-17)12(9-16-18)14(19)20/h1-9H,(H,19,20). The van der Waals surface area contributed by atoms with Gasteiger partial charge in [0.15, 0.2) is 5.82 Å². The van der Waals surface area contributed by atoms with Crippen LogP contribution in [0.5, 0.6) is 0 Å². The van der Waals surface area contributed by atoms with Crippen molar-refractivity contribution in [2.75, 3.05) is 0 Å². The van der Waals surface area contributed by atoms with Gasteiger partial charge in [0, 0.05) is 17.4 Å². The molecule has 5 nitrogen and oxygen atoms in total. The van der Waals surface area contributed by atoms with Gasteiger partial charge in [-0.3, -0.25) is 0 Å². The van der Waals surface area contributed by atoms with Crippen molar-refractivity contribution < 1.29 is 9.90 Å². The second-order valence-corrected chi connectivity index (χ2v) is 4.61. The minimum Gasteiger partial charge on any atom is -0.477 e. The molecule has 0 aliphatic rings. The van der Waals surface area contributed by atoms with Crippen LogP contribution in [0.1, 0.15) is 10.4 Å². The number of aromatic nitrogens is 3. The molecule has 0 saturated heterocycles. The molecule has 20 heavy (non-hydrogen) atoms. The number of carbonyl (C=O) groups is 1. The van der Waals surface area contributed by atoms with E-state index in [0.717, 1.165) is 0 Å². The Morgan fingerprint density at radius 3 is 2.60 bits per heavy atom. The molecule has 100 valence electrons. The average Bonchev–Trinajstić information content (AvgIpc) is 3.07. The van der Waals surface area contributed by atoms with Crippen LogP contribution in [-0.2, 0) is 0 Å². The Morgan fingerprint density at radius 1 is 1.20 bits per heavy atom. The molecule has 0 aliphatic carbocycles. The third-order valence-corrected chi connectivity index (χ3v) is 3.11. The van der Waals surface area contributed by atoms with Crippen molar-refractivity contribution in [2.24, 2.45) is 0 Å². The first-order chi connectivity index (χ1) is 9.66. The first kappa shape index (κ1) is 12.5. The predicted molar refractivity (Wildman–Crippen MR) is 74.9 cm³/mol. The summed E-state index contributed by atoms with van der Waals surface area (Å²) in [5.74, 6) is -0.563. The molecular formula is C14H10ClN3O2. The van der Waals surface area contributed by atoms with Crippen molar-refractivity contribution in [3.05, 3.63) is 65.6 Å². The number of rotatable bonds is 3. The molecule has 2 aromatic heterocycles. The van der Waals surface area contributed by atoms with E-state index >= 15 is 0 Å². The van der Waals surface area contributed by atoms with Gasteiger partial charge in [0.25, 0.3) is 0 Å². The molecule has 0 bridgehead atoms. The summed E-state index contributed by atoms with van der Waals surface area (Å²) in [6.45, 7) is 0. The first-order valence-electron chi connectivity index (χ1n) is 5.87. The molecule has 3 aromatic rings. The lowest BCUT2D eigenvalue weighted by atomic mass is 10.3. The second kappa shape index (κ2) is 4.86. The van der Waals surface area contributed by atoms with E-state index in [1.165, 1.54) is 6.20 Å². The van der Waals surface area contributed by atoms with Crippen LogP contribution in [0.3, 0.4) is 0 Å². The summed E-state index contributed by atoms with van der Waals surface area (Å²) in [5, 5.41) is 14.0.